The Morgan fingerprint density at radius 1 is 1.03 bits per heavy atom. The topological polar surface area (TPSA) is 28.5 Å². The molecular formula is C25H31N3O. The van der Waals surface area contributed by atoms with Crippen molar-refractivity contribution in [3.63, 3.8) is 0 Å². The lowest BCUT2D eigenvalue weighted by Crippen LogP contribution is -2.35. The zero-order valence-electron chi connectivity index (χ0n) is 17.6. The summed E-state index contributed by atoms with van der Waals surface area (Å²) in [6.45, 7) is 5.74. The van der Waals surface area contributed by atoms with Crippen LogP contribution in [-0.2, 0) is 17.8 Å². The third-order valence-electron chi connectivity index (χ3n) is 6.26. The smallest absolute Gasteiger partial charge is 0.219 e. The van der Waals surface area contributed by atoms with Crippen LogP contribution in [0.1, 0.15) is 36.9 Å². The molecule has 2 aromatic carbocycles. The van der Waals surface area contributed by atoms with E-state index in [4.69, 9.17) is 0 Å². The standard InChI is InChI=1S/C25H31N3O/c1-20(29)26(2)19-22-8-9-23-11-17-28(25(23)18-22)24-12-15-27(16-13-24)14-10-21-6-4-3-5-7-21/h3-9,11,17-18,24H,10,12-16,19H2,1-2H3. The van der Waals surface area contributed by atoms with Gasteiger partial charge in [-0.25, -0.2) is 0 Å². The quantitative estimate of drug-likeness (QED) is 0.621. The number of fused-ring (bicyclic) bond motifs is 1. The number of benzene rings is 2. The van der Waals surface area contributed by atoms with E-state index in [0.717, 1.165) is 26.1 Å². The monoisotopic (exact) mass is 389 g/mol. The first-order valence-electron chi connectivity index (χ1n) is 10.7. The number of rotatable bonds is 6. The largest absolute Gasteiger partial charge is 0.344 e. The first-order valence-corrected chi connectivity index (χ1v) is 10.7. The van der Waals surface area contributed by atoms with Crippen LogP contribution in [0.5, 0.6) is 0 Å². The molecule has 4 heteroatoms. The normalized spacial score (nSPS) is 15.7. The summed E-state index contributed by atoms with van der Waals surface area (Å²) in [5, 5.41) is 1.28. The third kappa shape index (κ3) is 4.70. The van der Waals surface area contributed by atoms with Gasteiger partial charge in [-0.3, -0.25) is 4.79 Å². The minimum Gasteiger partial charge on any atom is -0.344 e. The highest BCUT2D eigenvalue weighted by molar-refractivity contribution is 5.81. The van der Waals surface area contributed by atoms with Crippen LogP contribution in [-0.4, -0.2) is 47.0 Å². The maximum atomic E-state index is 11.6. The summed E-state index contributed by atoms with van der Waals surface area (Å²) in [5.41, 5.74) is 3.91. The van der Waals surface area contributed by atoms with Crippen molar-refractivity contribution in [2.45, 2.75) is 38.8 Å². The summed E-state index contributed by atoms with van der Waals surface area (Å²) < 4.78 is 2.46. The molecule has 1 aliphatic rings. The van der Waals surface area contributed by atoms with Crippen molar-refractivity contribution < 1.29 is 4.79 Å². The zero-order valence-corrected chi connectivity index (χ0v) is 17.6. The van der Waals surface area contributed by atoms with E-state index in [9.17, 15) is 4.79 Å². The molecule has 152 valence electrons. The van der Waals surface area contributed by atoms with Crippen molar-refractivity contribution in [2.75, 3.05) is 26.7 Å². The number of likely N-dealkylation sites (tertiary alicyclic amines) is 1. The van der Waals surface area contributed by atoms with Crippen LogP contribution in [0.3, 0.4) is 0 Å². The van der Waals surface area contributed by atoms with Crippen LogP contribution < -0.4 is 0 Å². The number of amides is 1. The summed E-state index contributed by atoms with van der Waals surface area (Å²) in [5.74, 6) is 0.100. The predicted octanol–water partition coefficient (Wildman–Crippen LogP) is 4.50. The van der Waals surface area contributed by atoms with Crippen molar-refractivity contribution in [3.05, 3.63) is 71.9 Å². The molecule has 0 aliphatic carbocycles. The lowest BCUT2D eigenvalue weighted by Gasteiger charge is -2.33. The Kier molecular flexibility index (Phi) is 6.00. The van der Waals surface area contributed by atoms with Gasteiger partial charge in [-0.2, -0.15) is 0 Å². The molecule has 2 heterocycles. The molecule has 3 aromatic rings. The molecule has 0 N–H and O–H groups in total. The molecule has 0 bridgehead atoms. The molecule has 0 spiro atoms. The Morgan fingerprint density at radius 2 is 1.79 bits per heavy atom. The second-order valence-corrected chi connectivity index (χ2v) is 8.30. The van der Waals surface area contributed by atoms with Gasteiger partial charge in [0.05, 0.1) is 0 Å². The van der Waals surface area contributed by atoms with E-state index in [0.29, 0.717) is 12.6 Å². The summed E-state index contributed by atoms with van der Waals surface area (Å²) in [6, 6.07) is 20.1. The van der Waals surface area contributed by atoms with Gasteiger partial charge in [0.2, 0.25) is 5.91 Å². The Bertz CT molecular complexity index is 955. The van der Waals surface area contributed by atoms with Gasteiger partial charge in [0.15, 0.2) is 0 Å². The van der Waals surface area contributed by atoms with Crippen molar-refractivity contribution in [2.24, 2.45) is 0 Å². The first kappa shape index (κ1) is 19.7. The number of nitrogens with zero attached hydrogens (tertiary/aromatic N) is 3. The Labute approximate surface area is 173 Å². The van der Waals surface area contributed by atoms with Gasteiger partial charge in [-0.05, 0) is 47.9 Å². The maximum Gasteiger partial charge on any atom is 0.219 e. The number of hydrogen-bond acceptors (Lipinski definition) is 2. The Balaban J connectivity index is 1.39. The first-order chi connectivity index (χ1) is 14.1. The van der Waals surface area contributed by atoms with Crippen LogP contribution in [0.2, 0.25) is 0 Å². The van der Waals surface area contributed by atoms with E-state index in [-0.39, 0.29) is 5.91 Å². The molecule has 0 radical (unpaired) electrons. The molecular weight excluding hydrogens is 358 g/mol. The summed E-state index contributed by atoms with van der Waals surface area (Å²) >= 11 is 0. The number of hydrogen-bond donors (Lipinski definition) is 0. The van der Waals surface area contributed by atoms with E-state index in [2.05, 4.69) is 70.3 Å². The van der Waals surface area contributed by atoms with Crippen LogP contribution in [0.15, 0.2) is 60.8 Å². The molecule has 1 saturated heterocycles. The summed E-state index contributed by atoms with van der Waals surface area (Å²) in [6.07, 6.45) is 5.75. The number of piperidine rings is 1. The van der Waals surface area contributed by atoms with Gasteiger partial charge >= 0.3 is 0 Å². The lowest BCUT2D eigenvalue weighted by atomic mass is 10.0. The molecule has 0 saturated carbocycles. The highest BCUT2D eigenvalue weighted by Gasteiger charge is 2.21. The van der Waals surface area contributed by atoms with Gasteiger partial charge in [-0.1, -0.05) is 42.5 Å². The van der Waals surface area contributed by atoms with Crippen LogP contribution in [0.4, 0.5) is 0 Å². The fraction of sp³-hybridized carbons (Fsp3) is 0.400. The molecule has 29 heavy (non-hydrogen) atoms. The van der Waals surface area contributed by atoms with Crippen LogP contribution in [0, 0.1) is 0 Å². The zero-order chi connectivity index (χ0) is 20.2. The summed E-state index contributed by atoms with van der Waals surface area (Å²) in [7, 11) is 1.86. The maximum absolute atomic E-state index is 11.6. The minimum absolute atomic E-state index is 0.100. The summed E-state index contributed by atoms with van der Waals surface area (Å²) in [4.78, 5) is 15.9. The lowest BCUT2D eigenvalue weighted by molar-refractivity contribution is -0.128. The highest BCUT2D eigenvalue weighted by atomic mass is 16.2. The van der Waals surface area contributed by atoms with Crippen molar-refractivity contribution >= 4 is 16.8 Å². The van der Waals surface area contributed by atoms with Crippen LogP contribution >= 0.6 is 0 Å². The number of aromatic nitrogens is 1. The molecule has 1 amide bonds. The molecule has 1 fully saturated rings. The average Bonchev–Trinajstić information content (AvgIpc) is 3.16. The molecule has 4 rings (SSSR count). The van der Waals surface area contributed by atoms with Gasteiger partial charge in [0.1, 0.15) is 0 Å². The minimum atomic E-state index is 0.100. The number of carbonyl (C=O) groups is 1. The average molecular weight is 390 g/mol. The van der Waals surface area contributed by atoms with Gasteiger partial charge in [0, 0.05) is 57.9 Å². The highest BCUT2D eigenvalue weighted by Crippen LogP contribution is 2.28. The van der Waals surface area contributed by atoms with Crippen molar-refractivity contribution in [3.8, 4) is 0 Å². The van der Waals surface area contributed by atoms with Crippen LogP contribution in [0.25, 0.3) is 10.9 Å². The van der Waals surface area contributed by atoms with Gasteiger partial charge in [0.25, 0.3) is 0 Å². The molecule has 0 unspecified atom stereocenters. The van der Waals surface area contributed by atoms with Crippen molar-refractivity contribution in [1.29, 1.82) is 0 Å². The Hall–Kier alpha value is -2.59. The van der Waals surface area contributed by atoms with Gasteiger partial charge in [-0.15, -0.1) is 0 Å². The fourth-order valence-corrected chi connectivity index (χ4v) is 4.35. The molecule has 4 nitrogen and oxygen atoms in total. The van der Waals surface area contributed by atoms with E-state index in [1.807, 2.05) is 7.05 Å². The third-order valence-corrected chi connectivity index (χ3v) is 6.26. The molecule has 1 aliphatic heterocycles. The van der Waals surface area contributed by atoms with Gasteiger partial charge < -0.3 is 14.4 Å². The van der Waals surface area contributed by atoms with E-state index >= 15 is 0 Å². The second-order valence-electron chi connectivity index (χ2n) is 8.30. The number of carbonyl (C=O) groups excluding carboxylic acids is 1. The van der Waals surface area contributed by atoms with Crippen molar-refractivity contribution in [1.82, 2.24) is 14.4 Å². The SMILES string of the molecule is CC(=O)N(C)Cc1ccc2ccn(C3CCN(CCc4ccccc4)CC3)c2c1. The van der Waals surface area contributed by atoms with E-state index in [1.165, 1.54) is 34.9 Å². The van der Waals surface area contributed by atoms with E-state index < -0.39 is 0 Å². The predicted molar refractivity (Wildman–Crippen MR) is 119 cm³/mol. The Morgan fingerprint density at radius 3 is 2.52 bits per heavy atom. The molecule has 0 atom stereocenters. The second kappa shape index (κ2) is 8.83. The fourth-order valence-electron chi connectivity index (χ4n) is 4.35. The molecule has 1 aromatic heterocycles. The van der Waals surface area contributed by atoms with E-state index in [1.54, 1.807) is 11.8 Å².